The minimum Gasteiger partial charge on any atom is -0.425 e. The van der Waals surface area contributed by atoms with Crippen LogP contribution in [0.4, 0.5) is 4.39 Å². The van der Waals surface area contributed by atoms with E-state index in [1.807, 2.05) is 20.8 Å². The van der Waals surface area contributed by atoms with Crippen molar-refractivity contribution in [2.24, 2.45) is 5.41 Å². The average Bonchev–Trinajstić information content (AvgIpc) is 2.42. The number of methoxy groups -OCH3 is 2. The Morgan fingerprint density at radius 3 is 2.00 bits per heavy atom. The molecule has 0 heterocycles. The van der Waals surface area contributed by atoms with Gasteiger partial charge in [0.1, 0.15) is 11.6 Å². The van der Waals surface area contributed by atoms with Crippen molar-refractivity contribution in [2.75, 3.05) is 14.2 Å². The quantitative estimate of drug-likeness (QED) is 0.571. The number of benzene rings is 1. The number of esters is 1. The summed E-state index contributed by atoms with van der Waals surface area (Å²) in [6.45, 7) is 5.85. The number of halogens is 1. The van der Waals surface area contributed by atoms with Crippen molar-refractivity contribution >= 4 is 5.97 Å². The topological polar surface area (TPSA) is 44.8 Å². The van der Waals surface area contributed by atoms with E-state index in [9.17, 15) is 9.18 Å². The van der Waals surface area contributed by atoms with E-state index in [0.29, 0.717) is 23.3 Å². The molecule has 0 radical (unpaired) electrons. The van der Waals surface area contributed by atoms with Crippen molar-refractivity contribution < 1.29 is 23.4 Å². The fourth-order valence-corrected chi connectivity index (χ4v) is 1.74. The molecule has 1 rings (SSSR count). The van der Waals surface area contributed by atoms with Gasteiger partial charge in [0.25, 0.3) is 0 Å². The molecule has 5 heteroatoms. The first-order chi connectivity index (χ1) is 9.85. The van der Waals surface area contributed by atoms with E-state index in [4.69, 9.17) is 14.2 Å². The molecule has 118 valence electrons. The van der Waals surface area contributed by atoms with Crippen LogP contribution in [0.15, 0.2) is 12.1 Å². The van der Waals surface area contributed by atoms with E-state index in [2.05, 4.69) is 0 Å². The Balaban J connectivity index is 3.21. The summed E-state index contributed by atoms with van der Waals surface area (Å²) >= 11 is 0. The van der Waals surface area contributed by atoms with Crippen molar-refractivity contribution in [1.29, 1.82) is 0 Å². The van der Waals surface area contributed by atoms with Crippen LogP contribution in [0.2, 0.25) is 0 Å². The third-order valence-electron chi connectivity index (χ3n) is 3.44. The third-order valence-corrected chi connectivity index (χ3v) is 3.44. The van der Waals surface area contributed by atoms with Crippen molar-refractivity contribution in [2.45, 2.75) is 40.4 Å². The van der Waals surface area contributed by atoms with E-state index in [-0.39, 0.29) is 19.2 Å². The monoisotopic (exact) mass is 298 g/mol. The second kappa shape index (κ2) is 7.52. The number of carbonyl (C=O) groups excluding carboxylic acids is 1. The predicted molar refractivity (Wildman–Crippen MR) is 77.5 cm³/mol. The molecule has 1 aromatic rings. The smallest absolute Gasteiger partial charge is 0.316 e. The maximum absolute atomic E-state index is 13.6. The van der Waals surface area contributed by atoms with E-state index in [0.717, 1.165) is 0 Å². The average molecular weight is 298 g/mol. The number of ether oxygens (including phenoxy) is 3. The van der Waals surface area contributed by atoms with Gasteiger partial charge in [0, 0.05) is 25.3 Å². The predicted octanol–water partition coefficient (Wildman–Crippen LogP) is 3.46. The fraction of sp³-hybridized carbons (Fsp3) is 0.562. The molecule has 21 heavy (non-hydrogen) atoms. The SMILES string of the molecule is CCC(C)(C)C(=O)Oc1c(COC)cc(F)cc1COC. The Kier molecular flexibility index (Phi) is 6.30. The van der Waals surface area contributed by atoms with Gasteiger partial charge in [-0.15, -0.1) is 0 Å². The van der Waals surface area contributed by atoms with E-state index >= 15 is 0 Å². The van der Waals surface area contributed by atoms with Crippen LogP contribution >= 0.6 is 0 Å². The second-order valence-corrected chi connectivity index (χ2v) is 5.55. The summed E-state index contributed by atoms with van der Waals surface area (Å²) in [5, 5.41) is 0. The molecule has 1 aromatic carbocycles. The minimum atomic E-state index is -0.608. The molecule has 0 saturated carbocycles. The first-order valence-corrected chi connectivity index (χ1v) is 6.87. The summed E-state index contributed by atoms with van der Waals surface area (Å²) in [4.78, 5) is 12.3. The molecule has 4 nitrogen and oxygen atoms in total. The molecular formula is C16H23FO4. The number of rotatable bonds is 7. The number of hydrogen-bond acceptors (Lipinski definition) is 4. The lowest BCUT2D eigenvalue weighted by Crippen LogP contribution is -2.29. The van der Waals surface area contributed by atoms with Gasteiger partial charge >= 0.3 is 5.97 Å². The Bertz CT molecular complexity index is 470. The van der Waals surface area contributed by atoms with E-state index < -0.39 is 11.2 Å². The molecule has 0 fully saturated rings. The van der Waals surface area contributed by atoms with Crippen LogP contribution in [0.3, 0.4) is 0 Å². The highest BCUT2D eigenvalue weighted by Gasteiger charge is 2.29. The molecule has 0 aromatic heterocycles. The summed E-state index contributed by atoms with van der Waals surface area (Å²) in [5.41, 5.74) is 0.373. The Hall–Kier alpha value is -1.46. The summed E-state index contributed by atoms with van der Waals surface area (Å²) in [5.74, 6) is -0.443. The van der Waals surface area contributed by atoms with E-state index in [1.165, 1.54) is 26.4 Å². The lowest BCUT2D eigenvalue weighted by Gasteiger charge is -2.22. The molecule has 0 atom stereocenters. The maximum Gasteiger partial charge on any atom is 0.316 e. The van der Waals surface area contributed by atoms with Gasteiger partial charge in [-0.05, 0) is 32.4 Å². The molecule has 0 aliphatic carbocycles. The number of carbonyl (C=O) groups is 1. The zero-order valence-electron chi connectivity index (χ0n) is 13.3. The van der Waals surface area contributed by atoms with Crippen LogP contribution in [0.5, 0.6) is 5.75 Å². The highest BCUT2D eigenvalue weighted by molar-refractivity contribution is 5.79. The molecular weight excluding hydrogens is 275 g/mol. The highest BCUT2D eigenvalue weighted by Crippen LogP contribution is 2.30. The standard InChI is InChI=1S/C16H23FO4/c1-6-16(2,3)15(18)21-14-11(9-19-4)7-13(17)8-12(14)10-20-5/h7-8H,6,9-10H2,1-5H3. The van der Waals surface area contributed by atoms with Gasteiger partial charge in [0.2, 0.25) is 0 Å². The molecule has 0 aliphatic rings. The van der Waals surface area contributed by atoms with E-state index in [1.54, 1.807) is 0 Å². The van der Waals surface area contributed by atoms with Gasteiger partial charge in [-0.1, -0.05) is 6.92 Å². The second-order valence-electron chi connectivity index (χ2n) is 5.55. The summed E-state index contributed by atoms with van der Waals surface area (Å²) in [6.07, 6.45) is 0.645. The van der Waals surface area contributed by atoms with Crippen LogP contribution < -0.4 is 4.74 Å². The fourth-order valence-electron chi connectivity index (χ4n) is 1.74. The largest absolute Gasteiger partial charge is 0.425 e. The maximum atomic E-state index is 13.6. The van der Waals surface area contributed by atoms with Gasteiger partial charge in [-0.2, -0.15) is 0 Å². The molecule has 0 spiro atoms. The minimum absolute atomic E-state index is 0.156. The normalized spacial score (nSPS) is 11.5. The van der Waals surface area contributed by atoms with Gasteiger partial charge in [-0.3, -0.25) is 4.79 Å². The van der Waals surface area contributed by atoms with Crippen molar-refractivity contribution in [3.8, 4) is 5.75 Å². The van der Waals surface area contributed by atoms with Crippen LogP contribution in [-0.2, 0) is 27.5 Å². The lowest BCUT2D eigenvalue weighted by molar-refractivity contribution is -0.144. The zero-order valence-corrected chi connectivity index (χ0v) is 13.3. The van der Waals surface area contributed by atoms with Gasteiger partial charge in [0.05, 0.1) is 18.6 Å². The molecule has 0 N–H and O–H groups in total. The first-order valence-electron chi connectivity index (χ1n) is 6.87. The Morgan fingerprint density at radius 1 is 1.14 bits per heavy atom. The Labute approximate surface area is 125 Å². The van der Waals surface area contributed by atoms with Crippen molar-refractivity contribution in [3.63, 3.8) is 0 Å². The van der Waals surface area contributed by atoms with Crippen LogP contribution in [0.1, 0.15) is 38.3 Å². The molecule has 0 aliphatic heterocycles. The van der Waals surface area contributed by atoms with Crippen LogP contribution in [0, 0.1) is 11.2 Å². The molecule has 0 unspecified atom stereocenters. The first kappa shape index (κ1) is 17.6. The van der Waals surface area contributed by atoms with Crippen molar-refractivity contribution in [3.05, 3.63) is 29.1 Å². The van der Waals surface area contributed by atoms with Gasteiger partial charge in [-0.25, -0.2) is 4.39 Å². The lowest BCUT2D eigenvalue weighted by atomic mass is 9.90. The van der Waals surface area contributed by atoms with Crippen LogP contribution in [0.25, 0.3) is 0 Å². The van der Waals surface area contributed by atoms with Gasteiger partial charge in [0.15, 0.2) is 0 Å². The van der Waals surface area contributed by atoms with Crippen molar-refractivity contribution in [1.82, 2.24) is 0 Å². The molecule has 0 bridgehead atoms. The van der Waals surface area contributed by atoms with Crippen LogP contribution in [-0.4, -0.2) is 20.2 Å². The summed E-state index contributed by atoms with van der Waals surface area (Å²) < 4.78 is 29.3. The summed E-state index contributed by atoms with van der Waals surface area (Å²) in [7, 11) is 3.00. The third kappa shape index (κ3) is 4.51. The zero-order chi connectivity index (χ0) is 16.0. The summed E-state index contributed by atoms with van der Waals surface area (Å²) in [6, 6.07) is 2.62. The molecule has 0 amide bonds. The highest BCUT2D eigenvalue weighted by atomic mass is 19.1. The Morgan fingerprint density at radius 2 is 1.62 bits per heavy atom. The number of hydrogen-bond donors (Lipinski definition) is 0. The molecule has 0 saturated heterocycles. The van der Waals surface area contributed by atoms with Gasteiger partial charge < -0.3 is 14.2 Å².